The van der Waals surface area contributed by atoms with Crippen LogP contribution in [-0.4, -0.2) is 33.6 Å². The van der Waals surface area contributed by atoms with E-state index in [0.29, 0.717) is 5.92 Å². The molecule has 4 nitrogen and oxygen atoms in total. The van der Waals surface area contributed by atoms with Crippen LogP contribution in [0.15, 0.2) is 47.2 Å². The number of hydrogen-bond donors (Lipinski definition) is 2. The summed E-state index contributed by atoms with van der Waals surface area (Å²) in [5.41, 5.74) is 1.69. The van der Waals surface area contributed by atoms with Crippen LogP contribution in [0.1, 0.15) is 31.2 Å². The van der Waals surface area contributed by atoms with E-state index in [4.69, 9.17) is 0 Å². The minimum absolute atomic E-state index is 0.207. The van der Waals surface area contributed by atoms with Crippen molar-refractivity contribution in [2.24, 2.45) is 5.92 Å². The summed E-state index contributed by atoms with van der Waals surface area (Å²) >= 11 is 3.51. The van der Waals surface area contributed by atoms with Gasteiger partial charge in [-0.1, -0.05) is 28.1 Å². The summed E-state index contributed by atoms with van der Waals surface area (Å²) in [4.78, 5) is 0. The second-order valence-electron chi connectivity index (χ2n) is 7.41. The summed E-state index contributed by atoms with van der Waals surface area (Å²) in [5, 5.41) is 18.4. The van der Waals surface area contributed by atoms with E-state index in [0.717, 1.165) is 30.4 Å². The summed E-state index contributed by atoms with van der Waals surface area (Å²) in [6, 6.07) is 10.9. The van der Waals surface area contributed by atoms with E-state index in [1.165, 1.54) is 18.4 Å². The Kier molecular flexibility index (Phi) is 4.50. The molecule has 1 aromatic heterocycles. The fourth-order valence-corrected chi connectivity index (χ4v) is 4.27. The van der Waals surface area contributed by atoms with Crippen molar-refractivity contribution in [1.29, 1.82) is 0 Å². The van der Waals surface area contributed by atoms with Gasteiger partial charge in [0.1, 0.15) is 0 Å². The van der Waals surface area contributed by atoms with Crippen molar-refractivity contribution in [3.05, 3.63) is 52.8 Å². The highest BCUT2D eigenvalue weighted by molar-refractivity contribution is 9.10. The topological polar surface area (TPSA) is 50.1 Å². The van der Waals surface area contributed by atoms with Crippen LogP contribution in [0.3, 0.4) is 0 Å². The molecule has 4 rings (SSSR count). The third-order valence-electron chi connectivity index (χ3n) is 5.64. The van der Waals surface area contributed by atoms with Gasteiger partial charge in [-0.2, -0.15) is 5.10 Å². The quantitative estimate of drug-likeness (QED) is 0.797. The highest BCUT2D eigenvalue weighted by Crippen LogP contribution is 2.48. The van der Waals surface area contributed by atoms with Crippen molar-refractivity contribution >= 4 is 15.9 Å². The largest absolute Gasteiger partial charge is 0.391 e. The van der Waals surface area contributed by atoms with Crippen LogP contribution in [0, 0.1) is 5.92 Å². The van der Waals surface area contributed by atoms with E-state index in [-0.39, 0.29) is 17.6 Å². The highest BCUT2D eigenvalue weighted by atomic mass is 79.9. The van der Waals surface area contributed by atoms with Crippen LogP contribution in [0.25, 0.3) is 0 Å². The highest BCUT2D eigenvalue weighted by Gasteiger charge is 2.45. The fourth-order valence-electron chi connectivity index (χ4n) is 4.01. The average Bonchev–Trinajstić information content (AvgIpc) is 3.02. The molecule has 2 fully saturated rings. The zero-order valence-corrected chi connectivity index (χ0v) is 15.3. The molecule has 128 valence electrons. The van der Waals surface area contributed by atoms with Crippen LogP contribution in [-0.2, 0) is 12.0 Å². The zero-order chi connectivity index (χ0) is 16.6. The number of aromatic nitrogens is 2. The molecule has 0 bridgehead atoms. The first-order valence-electron chi connectivity index (χ1n) is 8.80. The lowest BCUT2D eigenvalue weighted by Gasteiger charge is -2.22. The number of nitrogens with one attached hydrogen (secondary N) is 1. The molecule has 1 unspecified atom stereocenters. The van der Waals surface area contributed by atoms with Gasteiger partial charge in [0.25, 0.3) is 0 Å². The maximum Gasteiger partial charge on any atom is 0.0696 e. The number of aliphatic hydroxyl groups excluding tert-OH is 1. The van der Waals surface area contributed by atoms with Gasteiger partial charge in [-0.15, -0.1) is 0 Å². The first-order chi connectivity index (χ1) is 11.6. The Morgan fingerprint density at radius 3 is 2.71 bits per heavy atom. The normalized spacial score (nSPS) is 28.2. The predicted octanol–water partition coefficient (Wildman–Crippen LogP) is 3.11. The average molecular weight is 390 g/mol. The summed E-state index contributed by atoms with van der Waals surface area (Å²) < 4.78 is 3.10. The molecule has 0 aliphatic heterocycles. The Morgan fingerprint density at radius 1 is 1.25 bits per heavy atom. The lowest BCUT2D eigenvalue weighted by molar-refractivity contribution is 0.144. The van der Waals surface area contributed by atoms with Crippen molar-refractivity contribution in [2.45, 2.75) is 49.8 Å². The van der Waals surface area contributed by atoms with Crippen LogP contribution in [0.5, 0.6) is 0 Å². The van der Waals surface area contributed by atoms with Gasteiger partial charge >= 0.3 is 0 Å². The smallest absolute Gasteiger partial charge is 0.0696 e. The molecule has 2 N–H and O–H groups in total. The second-order valence-corrected chi connectivity index (χ2v) is 8.32. The molecule has 24 heavy (non-hydrogen) atoms. The lowest BCUT2D eigenvalue weighted by atomic mass is 9.95. The van der Waals surface area contributed by atoms with Gasteiger partial charge in [-0.25, -0.2) is 0 Å². The fraction of sp³-hybridized carbons (Fsp3) is 0.526. The van der Waals surface area contributed by atoms with E-state index in [2.05, 4.69) is 50.6 Å². The molecule has 0 spiro atoms. The van der Waals surface area contributed by atoms with E-state index in [9.17, 15) is 5.11 Å². The molecule has 1 heterocycles. The standard InChI is InChI=1S/C19H24BrN3O/c20-16-4-2-15(3-5-16)19(6-7-19)13-21-17-10-14(11-18(17)24)12-23-9-1-8-22-23/h1-5,8-9,14,17-18,21,24H,6-7,10-13H2/t14?,17-,18-/m1/s1. The van der Waals surface area contributed by atoms with E-state index in [1.54, 1.807) is 0 Å². The summed E-state index contributed by atoms with van der Waals surface area (Å²) in [6.45, 7) is 1.87. The SMILES string of the molecule is O[C@@H]1CC(Cn2cccn2)C[C@H]1NCC1(c2ccc(Br)cc2)CC1. The zero-order valence-electron chi connectivity index (χ0n) is 13.7. The number of rotatable bonds is 6. The summed E-state index contributed by atoms with van der Waals surface area (Å²) in [6.07, 6.45) is 7.94. The van der Waals surface area contributed by atoms with Crippen molar-refractivity contribution in [3.8, 4) is 0 Å². The minimum Gasteiger partial charge on any atom is -0.391 e. The third-order valence-corrected chi connectivity index (χ3v) is 6.17. The van der Waals surface area contributed by atoms with Crippen molar-refractivity contribution in [2.75, 3.05) is 6.54 Å². The lowest BCUT2D eigenvalue weighted by Crippen LogP contribution is -2.40. The molecule has 0 radical (unpaired) electrons. The first-order valence-corrected chi connectivity index (χ1v) is 9.59. The van der Waals surface area contributed by atoms with Crippen molar-refractivity contribution < 1.29 is 5.11 Å². The summed E-state index contributed by atoms with van der Waals surface area (Å²) in [7, 11) is 0. The number of aliphatic hydroxyl groups is 1. The Hall–Kier alpha value is -1.17. The first kappa shape index (κ1) is 16.3. The van der Waals surface area contributed by atoms with Crippen molar-refractivity contribution in [1.82, 2.24) is 15.1 Å². The molecule has 1 aromatic carbocycles. The maximum atomic E-state index is 10.4. The third kappa shape index (κ3) is 3.44. The van der Waals surface area contributed by atoms with Gasteiger partial charge in [0.15, 0.2) is 0 Å². The van der Waals surface area contributed by atoms with Gasteiger partial charge in [-0.3, -0.25) is 4.68 Å². The molecule has 5 heteroatoms. The van der Waals surface area contributed by atoms with E-state index >= 15 is 0 Å². The van der Waals surface area contributed by atoms with Gasteiger partial charge in [0.2, 0.25) is 0 Å². The molecule has 2 aromatic rings. The maximum absolute atomic E-state index is 10.4. The predicted molar refractivity (Wildman–Crippen MR) is 97.8 cm³/mol. The van der Waals surface area contributed by atoms with Gasteiger partial charge < -0.3 is 10.4 Å². The van der Waals surface area contributed by atoms with Gasteiger partial charge in [-0.05, 0) is 55.4 Å². The molecular formula is C19H24BrN3O. The van der Waals surface area contributed by atoms with E-state index < -0.39 is 0 Å². The van der Waals surface area contributed by atoms with Crippen LogP contribution < -0.4 is 5.32 Å². The van der Waals surface area contributed by atoms with Gasteiger partial charge in [0, 0.05) is 41.4 Å². The number of hydrogen-bond acceptors (Lipinski definition) is 3. The molecule has 0 amide bonds. The molecular weight excluding hydrogens is 366 g/mol. The summed E-state index contributed by atoms with van der Waals surface area (Å²) in [5.74, 6) is 0.500. The Balaban J connectivity index is 1.33. The molecule has 2 aliphatic rings. The molecule has 2 aliphatic carbocycles. The Morgan fingerprint density at radius 2 is 2.04 bits per heavy atom. The minimum atomic E-state index is -0.244. The number of nitrogens with zero attached hydrogens (tertiary/aromatic N) is 2. The Bertz CT molecular complexity index is 666. The Labute approximate surface area is 151 Å². The van der Waals surface area contributed by atoms with Crippen LogP contribution >= 0.6 is 15.9 Å². The number of benzene rings is 1. The van der Waals surface area contributed by atoms with Gasteiger partial charge in [0.05, 0.1) is 6.10 Å². The van der Waals surface area contributed by atoms with Crippen LogP contribution in [0.2, 0.25) is 0 Å². The molecule has 0 saturated heterocycles. The van der Waals surface area contributed by atoms with Crippen LogP contribution in [0.4, 0.5) is 0 Å². The number of halogens is 1. The van der Waals surface area contributed by atoms with Crippen molar-refractivity contribution in [3.63, 3.8) is 0 Å². The molecule has 3 atom stereocenters. The van der Waals surface area contributed by atoms with E-state index in [1.807, 2.05) is 23.1 Å². The molecule has 2 saturated carbocycles. The monoisotopic (exact) mass is 389 g/mol. The second kappa shape index (κ2) is 6.62.